The van der Waals surface area contributed by atoms with Gasteiger partial charge in [0.05, 0.1) is 32.2 Å². The third kappa shape index (κ3) is 4.01. The molecule has 31 heavy (non-hydrogen) atoms. The summed E-state index contributed by atoms with van der Waals surface area (Å²) in [5.74, 6) is 0. The average molecular weight is 423 g/mol. The summed E-state index contributed by atoms with van der Waals surface area (Å²) in [6.45, 7) is 15.2. The molecule has 4 rings (SSSR count). The van der Waals surface area contributed by atoms with Crippen molar-refractivity contribution in [2.24, 2.45) is 0 Å². The van der Waals surface area contributed by atoms with Gasteiger partial charge in [-0.3, -0.25) is 9.97 Å². The van der Waals surface area contributed by atoms with Gasteiger partial charge in [-0.05, 0) is 12.3 Å². The molecule has 9 nitrogen and oxygen atoms in total. The number of aromatic nitrogens is 8. The van der Waals surface area contributed by atoms with E-state index in [1.54, 1.807) is 0 Å². The summed E-state index contributed by atoms with van der Waals surface area (Å²) in [5.41, 5.74) is 5.50. The van der Waals surface area contributed by atoms with Crippen molar-refractivity contribution in [3.63, 3.8) is 0 Å². The fraction of sp³-hybridized carbons (Fsp3) is 0.545. The molecule has 4 aromatic rings. The van der Waals surface area contributed by atoms with E-state index in [1.807, 2.05) is 41.1 Å². The zero-order chi connectivity index (χ0) is 22.2. The van der Waals surface area contributed by atoms with Crippen LogP contribution in [0.2, 0.25) is 0 Å². The van der Waals surface area contributed by atoms with Crippen LogP contribution in [-0.2, 0) is 28.7 Å². The van der Waals surface area contributed by atoms with Crippen LogP contribution >= 0.6 is 0 Å². The van der Waals surface area contributed by atoms with Gasteiger partial charge in [0.25, 0.3) is 0 Å². The molecular formula is C22H30N8O. The highest BCUT2D eigenvalue weighted by Crippen LogP contribution is 2.29. The molecule has 0 atom stereocenters. The highest BCUT2D eigenvalue weighted by atomic mass is 16.5. The molecule has 0 saturated carbocycles. The second-order valence-electron chi connectivity index (χ2n) is 9.51. The van der Waals surface area contributed by atoms with Gasteiger partial charge < -0.3 is 4.74 Å². The first-order chi connectivity index (χ1) is 14.7. The van der Waals surface area contributed by atoms with Gasteiger partial charge in [0, 0.05) is 35.5 Å². The highest BCUT2D eigenvalue weighted by Gasteiger charge is 2.26. The van der Waals surface area contributed by atoms with Crippen LogP contribution in [0, 0.1) is 0 Å². The fourth-order valence-electron chi connectivity index (χ4n) is 3.77. The molecular weight excluding hydrogens is 392 g/mol. The Labute approximate surface area is 181 Å². The Hall–Kier alpha value is -2.94. The lowest BCUT2D eigenvalue weighted by atomic mass is 9.86. The van der Waals surface area contributed by atoms with Crippen LogP contribution in [0.5, 0.6) is 0 Å². The average Bonchev–Trinajstić information content (AvgIpc) is 3.34. The number of fused-ring (bicyclic) bond motifs is 2. The van der Waals surface area contributed by atoms with Crippen LogP contribution in [0.4, 0.5) is 0 Å². The van der Waals surface area contributed by atoms with Crippen LogP contribution in [0.15, 0.2) is 24.8 Å². The van der Waals surface area contributed by atoms with Gasteiger partial charge in [-0.15, -0.1) is 10.2 Å². The van der Waals surface area contributed by atoms with Crippen LogP contribution in [0.1, 0.15) is 52.7 Å². The lowest BCUT2D eigenvalue weighted by molar-refractivity contribution is 0.0874. The Morgan fingerprint density at radius 2 is 1.39 bits per heavy atom. The molecule has 0 fully saturated rings. The monoisotopic (exact) mass is 422 g/mol. The normalized spacial score (nSPS) is 12.8. The van der Waals surface area contributed by atoms with Gasteiger partial charge in [-0.25, -0.2) is 9.36 Å². The van der Waals surface area contributed by atoms with Crippen LogP contribution in [0.25, 0.3) is 22.1 Å². The van der Waals surface area contributed by atoms with E-state index in [0.717, 1.165) is 39.7 Å². The topological polar surface area (TPSA) is 96.4 Å². The van der Waals surface area contributed by atoms with Gasteiger partial charge in [-0.2, -0.15) is 0 Å². The van der Waals surface area contributed by atoms with Gasteiger partial charge in [0.2, 0.25) is 0 Å². The summed E-state index contributed by atoms with van der Waals surface area (Å²) < 4.78 is 9.78. The fourth-order valence-corrected chi connectivity index (χ4v) is 3.77. The number of aryl methyl sites for hydroxylation is 1. The molecule has 0 amide bonds. The molecule has 0 aliphatic carbocycles. The molecule has 0 aliphatic heterocycles. The lowest BCUT2D eigenvalue weighted by Gasteiger charge is -2.24. The molecule has 164 valence electrons. The van der Waals surface area contributed by atoms with E-state index in [1.165, 1.54) is 0 Å². The predicted molar refractivity (Wildman–Crippen MR) is 119 cm³/mol. The van der Waals surface area contributed by atoms with E-state index in [-0.39, 0.29) is 10.8 Å². The summed E-state index contributed by atoms with van der Waals surface area (Å²) in [4.78, 5) is 8.80. The third-order valence-corrected chi connectivity index (χ3v) is 5.60. The Morgan fingerprint density at radius 3 is 2.03 bits per heavy atom. The summed E-state index contributed by atoms with van der Waals surface area (Å²) in [5, 5.41) is 17.3. The van der Waals surface area contributed by atoms with Gasteiger partial charge in [0.1, 0.15) is 22.1 Å². The van der Waals surface area contributed by atoms with Gasteiger partial charge in [0.15, 0.2) is 0 Å². The van der Waals surface area contributed by atoms with Crippen molar-refractivity contribution in [1.82, 2.24) is 40.0 Å². The molecule has 0 unspecified atom stereocenters. The first-order valence-corrected chi connectivity index (χ1v) is 10.7. The Bertz CT molecular complexity index is 1200. The van der Waals surface area contributed by atoms with Crippen molar-refractivity contribution in [1.29, 1.82) is 0 Å². The van der Waals surface area contributed by atoms with Gasteiger partial charge >= 0.3 is 0 Å². The first kappa shape index (κ1) is 21.3. The van der Waals surface area contributed by atoms with E-state index >= 15 is 0 Å². The minimum absolute atomic E-state index is 0.0391. The van der Waals surface area contributed by atoms with Crippen LogP contribution in [-0.4, -0.2) is 53.2 Å². The Balaban J connectivity index is 1.45. The number of ether oxygens (including phenoxy) is 1. The summed E-state index contributed by atoms with van der Waals surface area (Å²) in [6.07, 6.45) is 7.38. The van der Waals surface area contributed by atoms with E-state index in [9.17, 15) is 0 Å². The van der Waals surface area contributed by atoms with Crippen molar-refractivity contribution < 1.29 is 4.74 Å². The summed E-state index contributed by atoms with van der Waals surface area (Å²) in [7, 11) is 0. The minimum Gasteiger partial charge on any atom is -0.379 e. The second-order valence-corrected chi connectivity index (χ2v) is 9.51. The van der Waals surface area contributed by atoms with Crippen molar-refractivity contribution in [2.45, 2.75) is 65.5 Å². The quantitative estimate of drug-likeness (QED) is 0.422. The first-order valence-electron chi connectivity index (χ1n) is 10.7. The minimum atomic E-state index is -0.257. The second kappa shape index (κ2) is 7.96. The molecule has 4 aromatic heterocycles. The van der Waals surface area contributed by atoms with Gasteiger partial charge in [-0.1, -0.05) is 45.0 Å². The lowest BCUT2D eigenvalue weighted by Crippen LogP contribution is -2.26. The molecule has 9 heteroatoms. The number of hydrogen-bond acceptors (Lipinski definition) is 7. The van der Waals surface area contributed by atoms with E-state index in [0.29, 0.717) is 19.8 Å². The highest BCUT2D eigenvalue weighted by molar-refractivity contribution is 5.78. The molecule has 0 radical (unpaired) electrons. The maximum atomic E-state index is 6.06. The summed E-state index contributed by atoms with van der Waals surface area (Å²) in [6, 6.07) is 0. The Morgan fingerprint density at radius 1 is 0.806 bits per heavy atom. The largest absolute Gasteiger partial charge is 0.379 e. The molecule has 0 aliphatic rings. The maximum absolute atomic E-state index is 6.06. The van der Waals surface area contributed by atoms with E-state index in [4.69, 9.17) is 4.74 Å². The SMILES string of the molecule is CCn1nnc2c(C(C)(C)COCCn3nnc4c(C(C)(C)C)cncc43)cncc21. The van der Waals surface area contributed by atoms with Crippen LogP contribution in [0.3, 0.4) is 0 Å². The molecule has 0 aromatic carbocycles. The number of pyridine rings is 2. The van der Waals surface area contributed by atoms with Crippen molar-refractivity contribution in [3.8, 4) is 0 Å². The van der Waals surface area contributed by atoms with E-state index in [2.05, 4.69) is 65.2 Å². The summed E-state index contributed by atoms with van der Waals surface area (Å²) >= 11 is 0. The van der Waals surface area contributed by atoms with Crippen molar-refractivity contribution >= 4 is 22.1 Å². The number of nitrogens with zero attached hydrogens (tertiary/aromatic N) is 8. The molecule has 4 heterocycles. The van der Waals surface area contributed by atoms with Crippen molar-refractivity contribution in [2.75, 3.05) is 13.2 Å². The predicted octanol–water partition coefficient (Wildman–Crippen LogP) is 3.28. The third-order valence-electron chi connectivity index (χ3n) is 5.60. The Kier molecular flexibility index (Phi) is 5.47. The smallest absolute Gasteiger partial charge is 0.120 e. The molecule has 0 spiro atoms. The zero-order valence-electron chi connectivity index (χ0n) is 19.1. The zero-order valence-corrected chi connectivity index (χ0v) is 19.1. The maximum Gasteiger partial charge on any atom is 0.120 e. The number of rotatable bonds is 7. The van der Waals surface area contributed by atoms with E-state index < -0.39 is 0 Å². The molecule has 0 saturated heterocycles. The standard InChI is InChI=1S/C22H30N8O/c1-7-29-17-12-24-11-16(20(17)26-27-29)22(5,6)14-31-9-8-30-18-13-23-10-15(21(2,3)4)19(18)25-28-30/h10-13H,7-9,14H2,1-6H3. The molecule has 0 N–H and O–H groups in total. The molecule has 0 bridgehead atoms. The number of hydrogen-bond donors (Lipinski definition) is 0. The van der Waals surface area contributed by atoms with Crippen LogP contribution < -0.4 is 0 Å². The van der Waals surface area contributed by atoms with Crippen molar-refractivity contribution in [3.05, 3.63) is 35.9 Å².